The van der Waals surface area contributed by atoms with Gasteiger partial charge >= 0.3 is 0 Å². The SMILES string of the molecule is Cc1cc(Cl)ccc1C1=NN(CC(=O)N(C)c2cccc(F)c2)C(=O)CC1. The van der Waals surface area contributed by atoms with Crippen LogP contribution in [0.2, 0.25) is 5.02 Å². The lowest BCUT2D eigenvalue weighted by Gasteiger charge is -2.26. The molecule has 0 unspecified atom stereocenters. The van der Waals surface area contributed by atoms with Crippen LogP contribution in [-0.2, 0) is 9.59 Å². The Balaban J connectivity index is 1.80. The van der Waals surface area contributed by atoms with E-state index in [1.165, 1.54) is 28.1 Å². The van der Waals surface area contributed by atoms with Gasteiger partial charge in [-0.25, -0.2) is 9.40 Å². The molecule has 0 spiro atoms. The van der Waals surface area contributed by atoms with Gasteiger partial charge in [0.25, 0.3) is 0 Å². The second-order valence-corrected chi connectivity index (χ2v) is 6.83. The minimum atomic E-state index is -0.431. The summed E-state index contributed by atoms with van der Waals surface area (Å²) >= 11 is 6.00. The molecule has 3 rings (SSSR count). The normalized spacial score (nSPS) is 14.1. The molecule has 0 radical (unpaired) electrons. The number of nitrogens with zero attached hydrogens (tertiary/aromatic N) is 3. The lowest BCUT2D eigenvalue weighted by molar-refractivity contribution is -0.135. The van der Waals surface area contributed by atoms with Crippen LogP contribution < -0.4 is 4.90 Å². The number of halogens is 2. The Morgan fingerprint density at radius 3 is 2.74 bits per heavy atom. The van der Waals surface area contributed by atoms with Crippen molar-refractivity contribution in [2.75, 3.05) is 18.5 Å². The molecule has 5 nitrogen and oxygen atoms in total. The summed E-state index contributed by atoms with van der Waals surface area (Å²) in [6.45, 7) is 1.72. The van der Waals surface area contributed by atoms with E-state index in [-0.39, 0.29) is 24.8 Å². The van der Waals surface area contributed by atoms with Gasteiger partial charge in [0.15, 0.2) is 0 Å². The lowest BCUT2D eigenvalue weighted by atomic mass is 9.99. The van der Waals surface area contributed by atoms with Gasteiger partial charge in [-0.3, -0.25) is 9.59 Å². The summed E-state index contributed by atoms with van der Waals surface area (Å²) < 4.78 is 13.4. The Hall–Kier alpha value is -2.73. The molecular weight excluding hydrogens is 369 g/mol. The number of hydrogen-bond acceptors (Lipinski definition) is 3. The molecule has 0 aliphatic carbocycles. The van der Waals surface area contributed by atoms with Crippen molar-refractivity contribution in [2.45, 2.75) is 19.8 Å². The zero-order valence-electron chi connectivity index (χ0n) is 15.1. The van der Waals surface area contributed by atoms with Crippen LogP contribution in [0.1, 0.15) is 24.0 Å². The molecule has 140 valence electrons. The van der Waals surface area contributed by atoms with Crippen LogP contribution in [0.25, 0.3) is 0 Å². The van der Waals surface area contributed by atoms with Crippen molar-refractivity contribution in [3.05, 3.63) is 64.4 Å². The van der Waals surface area contributed by atoms with E-state index < -0.39 is 5.82 Å². The van der Waals surface area contributed by atoms with Crippen LogP contribution in [0, 0.1) is 12.7 Å². The van der Waals surface area contributed by atoms with Gasteiger partial charge in [-0.05, 0) is 42.8 Å². The van der Waals surface area contributed by atoms with E-state index in [4.69, 9.17) is 11.6 Å². The number of carbonyl (C=O) groups excluding carboxylic acids is 2. The first-order chi connectivity index (χ1) is 12.8. The first kappa shape index (κ1) is 19.0. The summed E-state index contributed by atoms with van der Waals surface area (Å²) in [6.07, 6.45) is 0.781. The summed E-state index contributed by atoms with van der Waals surface area (Å²) in [5.41, 5.74) is 3.02. The second-order valence-electron chi connectivity index (χ2n) is 6.39. The zero-order chi connectivity index (χ0) is 19.6. The van der Waals surface area contributed by atoms with Crippen LogP contribution in [-0.4, -0.2) is 36.1 Å². The van der Waals surface area contributed by atoms with Crippen molar-refractivity contribution in [1.29, 1.82) is 0 Å². The second kappa shape index (κ2) is 7.88. The summed E-state index contributed by atoms with van der Waals surface area (Å²) in [7, 11) is 1.54. The molecule has 1 heterocycles. The fourth-order valence-electron chi connectivity index (χ4n) is 2.93. The Bertz CT molecular complexity index is 929. The molecule has 0 saturated heterocycles. The molecule has 0 N–H and O–H groups in total. The quantitative estimate of drug-likeness (QED) is 0.801. The number of likely N-dealkylation sites (N-methyl/N-ethyl adjacent to an activating group) is 1. The maximum atomic E-state index is 13.4. The van der Waals surface area contributed by atoms with Crippen LogP contribution in [0.4, 0.5) is 10.1 Å². The maximum absolute atomic E-state index is 13.4. The predicted molar refractivity (Wildman–Crippen MR) is 103 cm³/mol. The molecule has 27 heavy (non-hydrogen) atoms. The van der Waals surface area contributed by atoms with Crippen LogP contribution in [0.3, 0.4) is 0 Å². The zero-order valence-corrected chi connectivity index (χ0v) is 15.8. The fraction of sp³-hybridized carbons (Fsp3) is 0.250. The Labute approximate surface area is 162 Å². The molecule has 2 aromatic rings. The van der Waals surface area contributed by atoms with Gasteiger partial charge in [-0.2, -0.15) is 5.10 Å². The predicted octanol–water partition coefficient (Wildman–Crippen LogP) is 3.78. The number of aryl methyl sites for hydroxylation is 1. The molecule has 0 atom stereocenters. The van der Waals surface area contributed by atoms with Crippen LogP contribution in [0.5, 0.6) is 0 Å². The Kier molecular flexibility index (Phi) is 5.56. The van der Waals surface area contributed by atoms with E-state index >= 15 is 0 Å². The number of rotatable bonds is 4. The standard InChI is InChI=1S/C20H19ClFN3O2/c1-13-10-14(21)6-7-17(13)18-8-9-19(26)25(23-18)12-20(27)24(2)16-5-3-4-15(22)11-16/h3-7,10-11H,8-9,12H2,1-2H3. The highest BCUT2D eigenvalue weighted by molar-refractivity contribution is 6.30. The van der Waals surface area contributed by atoms with E-state index in [0.29, 0.717) is 17.1 Å². The van der Waals surface area contributed by atoms with E-state index in [9.17, 15) is 14.0 Å². The number of carbonyl (C=O) groups is 2. The number of anilines is 1. The van der Waals surface area contributed by atoms with Crippen molar-refractivity contribution >= 4 is 34.8 Å². The van der Waals surface area contributed by atoms with Gasteiger partial charge < -0.3 is 4.90 Å². The van der Waals surface area contributed by atoms with Gasteiger partial charge in [0.05, 0.1) is 5.71 Å². The maximum Gasteiger partial charge on any atom is 0.248 e. The first-order valence-electron chi connectivity index (χ1n) is 8.51. The minimum absolute atomic E-state index is 0.206. The highest BCUT2D eigenvalue weighted by Gasteiger charge is 2.25. The molecule has 0 saturated carbocycles. The summed E-state index contributed by atoms with van der Waals surface area (Å²) in [4.78, 5) is 26.1. The molecule has 2 aromatic carbocycles. The molecule has 1 aliphatic rings. The lowest BCUT2D eigenvalue weighted by Crippen LogP contribution is -2.41. The van der Waals surface area contributed by atoms with Crippen molar-refractivity contribution in [3.63, 3.8) is 0 Å². The Morgan fingerprint density at radius 2 is 2.04 bits per heavy atom. The minimum Gasteiger partial charge on any atom is -0.314 e. The third kappa shape index (κ3) is 4.34. The van der Waals surface area contributed by atoms with Gasteiger partial charge in [-0.15, -0.1) is 0 Å². The first-order valence-corrected chi connectivity index (χ1v) is 8.89. The smallest absolute Gasteiger partial charge is 0.248 e. The fourth-order valence-corrected chi connectivity index (χ4v) is 3.16. The highest BCUT2D eigenvalue weighted by Crippen LogP contribution is 2.21. The third-order valence-electron chi connectivity index (χ3n) is 4.46. The average molecular weight is 388 g/mol. The summed E-state index contributed by atoms with van der Waals surface area (Å²) in [5, 5.41) is 6.21. The van der Waals surface area contributed by atoms with Crippen molar-refractivity contribution in [1.82, 2.24) is 5.01 Å². The van der Waals surface area contributed by atoms with E-state index in [1.807, 2.05) is 19.1 Å². The summed E-state index contributed by atoms with van der Waals surface area (Å²) in [5.74, 6) is -1.00. The molecular formula is C20H19ClFN3O2. The number of amides is 2. The van der Waals surface area contributed by atoms with E-state index in [0.717, 1.165) is 16.8 Å². The van der Waals surface area contributed by atoms with Crippen LogP contribution >= 0.6 is 11.6 Å². The van der Waals surface area contributed by atoms with E-state index in [2.05, 4.69) is 5.10 Å². The topological polar surface area (TPSA) is 53.0 Å². The van der Waals surface area contributed by atoms with Crippen molar-refractivity contribution < 1.29 is 14.0 Å². The monoisotopic (exact) mass is 387 g/mol. The summed E-state index contributed by atoms with van der Waals surface area (Å²) in [6, 6.07) is 11.2. The number of hydrazone groups is 1. The number of hydrogen-bond donors (Lipinski definition) is 0. The molecule has 0 fully saturated rings. The van der Waals surface area contributed by atoms with Gasteiger partial charge in [0.1, 0.15) is 12.4 Å². The van der Waals surface area contributed by atoms with Crippen molar-refractivity contribution in [3.8, 4) is 0 Å². The average Bonchev–Trinajstić information content (AvgIpc) is 2.63. The molecule has 0 bridgehead atoms. The molecule has 2 amide bonds. The largest absolute Gasteiger partial charge is 0.314 e. The molecule has 7 heteroatoms. The van der Waals surface area contributed by atoms with Gasteiger partial charge in [0, 0.05) is 36.2 Å². The van der Waals surface area contributed by atoms with Gasteiger partial charge in [0.2, 0.25) is 11.8 Å². The van der Waals surface area contributed by atoms with Crippen molar-refractivity contribution in [2.24, 2.45) is 5.10 Å². The van der Waals surface area contributed by atoms with Crippen LogP contribution in [0.15, 0.2) is 47.6 Å². The molecule has 1 aliphatic heterocycles. The third-order valence-corrected chi connectivity index (χ3v) is 4.69. The van der Waals surface area contributed by atoms with Gasteiger partial charge in [-0.1, -0.05) is 23.7 Å². The Morgan fingerprint density at radius 1 is 1.26 bits per heavy atom. The number of benzene rings is 2. The highest BCUT2D eigenvalue weighted by atomic mass is 35.5. The van der Waals surface area contributed by atoms with E-state index in [1.54, 1.807) is 19.2 Å². The molecule has 0 aromatic heterocycles.